The van der Waals surface area contributed by atoms with Crippen molar-refractivity contribution in [2.45, 2.75) is 52.5 Å². The number of rotatable bonds is 14. The smallest absolute Gasteiger partial charge is 0.407 e. The summed E-state index contributed by atoms with van der Waals surface area (Å²) >= 11 is 6.21. The van der Waals surface area contributed by atoms with Gasteiger partial charge in [0.05, 0.1) is 44.9 Å². The van der Waals surface area contributed by atoms with Crippen molar-refractivity contribution >= 4 is 23.4 Å². The van der Waals surface area contributed by atoms with Crippen LogP contribution in [0.3, 0.4) is 0 Å². The first-order chi connectivity index (χ1) is 21.5. The molecule has 244 valence electrons. The van der Waals surface area contributed by atoms with E-state index in [1.165, 1.54) is 0 Å². The van der Waals surface area contributed by atoms with Crippen LogP contribution in [0.5, 0.6) is 5.75 Å². The fourth-order valence-corrected chi connectivity index (χ4v) is 4.98. The van der Waals surface area contributed by atoms with Crippen molar-refractivity contribution in [3.8, 4) is 11.4 Å². The number of halogens is 1. The Balaban J connectivity index is 1.36. The maximum absolute atomic E-state index is 11.7. The summed E-state index contributed by atoms with van der Waals surface area (Å²) in [5, 5.41) is 26.5. The molecule has 1 aliphatic heterocycles. The van der Waals surface area contributed by atoms with Crippen molar-refractivity contribution in [1.29, 1.82) is 0 Å². The first-order valence-electron chi connectivity index (χ1n) is 15.0. The van der Waals surface area contributed by atoms with Gasteiger partial charge in [0.15, 0.2) is 5.82 Å². The number of alkyl carbamates (subject to hydrolysis) is 1. The van der Waals surface area contributed by atoms with E-state index in [1.807, 2.05) is 81.7 Å². The first-order valence-corrected chi connectivity index (χ1v) is 15.3. The molecule has 45 heavy (non-hydrogen) atoms. The van der Waals surface area contributed by atoms with Gasteiger partial charge in [0, 0.05) is 35.2 Å². The van der Waals surface area contributed by atoms with E-state index < -0.39 is 24.0 Å². The lowest BCUT2D eigenvalue weighted by Gasteiger charge is -2.25. The number of aryl methyl sites for hydroxylation is 1. The number of ether oxygens (including phenoxy) is 4. The third-order valence-electron chi connectivity index (χ3n) is 7.08. The minimum atomic E-state index is -0.912. The number of benzene rings is 2. The monoisotopic (exact) mass is 642 g/mol. The molecule has 4 rings (SSSR count). The molecule has 3 atom stereocenters. The molecule has 0 spiro atoms. The molecule has 12 nitrogen and oxygen atoms in total. The van der Waals surface area contributed by atoms with Gasteiger partial charge in [-0.15, -0.1) is 10.2 Å². The first kappa shape index (κ1) is 34.3. The molecule has 3 N–H and O–H groups in total. The van der Waals surface area contributed by atoms with E-state index in [-0.39, 0.29) is 5.92 Å². The summed E-state index contributed by atoms with van der Waals surface area (Å²) in [7, 11) is 1.63. The van der Waals surface area contributed by atoms with Crippen molar-refractivity contribution in [3.05, 3.63) is 70.3 Å². The van der Waals surface area contributed by atoms with Crippen LogP contribution in [0.4, 0.5) is 4.79 Å². The van der Waals surface area contributed by atoms with Gasteiger partial charge >= 0.3 is 6.09 Å². The van der Waals surface area contributed by atoms with Crippen molar-refractivity contribution in [1.82, 2.24) is 25.4 Å². The van der Waals surface area contributed by atoms with E-state index in [1.54, 1.807) is 7.11 Å². The summed E-state index contributed by atoms with van der Waals surface area (Å²) in [5.74, 6) is 1.65. The predicted octanol–water partition coefficient (Wildman–Crippen LogP) is 4.23. The fraction of sp³-hybridized carbons (Fsp3) is 0.500. The highest BCUT2D eigenvalue weighted by Crippen LogP contribution is 2.37. The number of aromatic nitrogens is 3. The van der Waals surface area contributed by atoms with Crippen LogP contribution in [0.2, 0.25) is 5.02 Å². The second kappa shape index (κ2) is 15.6. The van der Waals surface area contributed by atoms with Crippen LogP contribution in [0.15, 0.2) is 47.5 Å². The van der Waals surface area contributed by atoms with Gasteiger partial charge in [-0.25, -0.2) is 4.79 Å². The number of methoxy groups -OCH3 is 1. The van der Waals surface area contributed by atoms with Crippen molar-refractivity contribution < 1.29 is 28.8 Å². The highest BCUT2D eigenvalue weighted by atomic mass is 35.5. The molecule has 0 bridgehead atoms. The van der Waals surface area contributed by atoms with E-state index >= 15 is 0 Å². The summed E-state index contributed by atoms with van der Waals surface area (Å²) in [6.45, 7) is 11.5. The number of carbonyl (C=O) groups is 1. The van der Waals surface area contributed by atoms with Crippen LogP contribution in [-0.4, -0.2) is 90.1 Å². The number of hydrogen-bond acceptors (Lipinski definition) is 10. The molecule has 0 radical (unpaired) electrons. The number of aliphatic hydroxyl groups is 1. The minimum absolute atomic E-state index is 0.343. The third-order valence-corrected chi connectivity index (χ3v) is 7.33. The molecule has 0 saturated heterocycles. The zero-order chi connectivity index (χ0) is 32.6. The maximum atomic E-state index is 11.7. The second-order valence-electron chi connectivity index (χ2n) is 11.7. The third kappa shape index (κ3) is 9.24. The number of fused-ring (bicyclic) bond motifs is 3. The van der Waals surface area contributed by atoms with E-state index in [2.05, 4.69) is 20.8 Å². The van der Waals surface area contributed by atoms with Gasteiger partial charge in [-0.05, 0) is 58.0 Å². The van der Waals surface area contributed by atoms with Crippen LogP contribution >= 0.6 is 11.6 Å². The Hall–Kier alpha value is -3.55. The Morgan fingerprint density at radius 2 is 1.73 bits per heavy atom. The van der Waals surface area contributed by atoms with Gasteiger partial charge in [-0.3, -0.25) is 14.9 Å². The van der Waals surface area contributed by atoms with Crippen LogP contribution < -0.4 is 15.4 Å². The van der Waals surface area contributed by atoms with Crippen LogP contribution in [0, 0.1) is 12.8 Å². The normalized spacial score (nSPS) is 15.7. The summed E-state index contributed by atoms with van der Waals surface area (Å²) in [6, 6.07) is 12.8. The van der Waals surface area contributed by atoms with Crippen molar-refractivity contribution in [2.75, 3.05) is 46.6 Å². The summed E-state index contributed by atoms with van der Waals surface area (Å²) in [5.41, 5.74) is 2.80. The molecule has 1 unspecified atom stereocenters. The van der Waals surface area contributed by atoms with E-state index in [4.69, 9.17) is 35.5 Å². The van der Waals surface area contributed by atoms with Gasteiger partial charge in [0.25, 0.3) is 0 Å². The standard InChI is InChI=1S/C32H43ClN6O6/c1-20(30(40)34-13-15-43-17-18-44-16-14-35-31(41)45-32(3,4)5)27-29-38-37-21(2)39(29)26-12-11-24(42-6)19-25(26)28(36-27)22-7-9-23(33)10-8-22/h7-12,19-20,27,30,34,40H,13-18H2,1-6H3,(H,35,41)/t20-,27+,30?/m1/s1. The number of carbonyl (C=O) groups excluding carboxylic acids is 1. The minimum Gasteiger partial charge on any atom is -0.497 e. The Kier molecular flexibility index (Phi) is 11.9. The molecule has 13 heteroatoms. The maximum Gasteiger partial charge on any atom is 0.407 e. The molecular weight excluding hydrogens is 600 g/mol. The molecule has 1 aliphatic rings. The number of nitrogens with one attached hydrogen (secondary N) is 2. The molecule has 0 fully saturated rings. The van der Waals surface area contributed by atoms with E-state index in [9.17, 15) is 9.90 Å². The highest BCUT2D eigenvalue weighted by Gasteiger charge is 2.34. The van der Waals surface area contributed by atoms with E-state index in [0.29, 0.717) is 61.9 Å². The largest absolute Gasteiger partial charge is 0.497 e. The summed E-state index contributed by atoms with van der Waals surface area (Å²) < 4.78 is 23.9. The second-order valence-corrected chi connectivity index (χ2v) is 12.1. The van der Waals surface area contributed by atoms with Gasteiger partial charge < -0.3 is 29.4 Å². The number of nitrogens with zero attached hydrogens (tertiary/aromatic N) is 4. The van der Waals surface area contributed by atoms with Crippen molar-refractivity contribution in [3.63, 3.8) is 0 Å². The van der Waals surface area contributed by atoms with Crippen LogP contribution in [-0.2, 0) is 14.2 Å². The quantitative estimate of drug-likeness (QED) is 0.174. The summed E-state index contributed by atoms with van der Waals surface area (Å²) in [6.07, 6.45) is -1.39. The van der Waals surface area contributed by atoms with Gasteiger partial charge in [0.2, 0.25) is 0 Å². The zero-order valence-corrected chi connectivity index (χ0v) is 27.4. The molecule has 2 aromatic carbocycles. The fourth-order valence-electron chi connectivity index (χ4n) is 4.85. The Morgan fingerprint density at radius 1 is 1.04 bits per heavy atom. The average molecular weight is 643 g/mol. The number of amides is 1. The van der Waals surface area contributed by atoms with Crippen LogP contribution in [0.1, 0.15) is 56.5 Å². The lowest BCUT2D eigenvalue weighted by molar-refractivity contribution is 0.0303. The lowest BCUT2D eigenvalue weighted by Crippen LogP contribution is -2.39. The molecule has 0 saturated carbocycles. The Bertz CT molecular complexity index is 1460. The van der Waals surface area contributed by atoms with Crippen LogP contribution in [0.25, 0.3) is 5.69 Å². The number of aliphatic hydroxyl groups excluding tert-OH is 1. The molecule has 1 amide bonds. The Labute approximate surface area is 269 Å². The topological polar surface area (TPSA) is 141 Å². The molecular formula is C32H43ClN6O6. The average Bonchev–Trinajstić information content (AvgIpc) is 3.31. The lowest BCUT2D eigenvalue weighted by atomic mass is 9.98. The zero-order valence-electron chi connectivity index (χ0n) is 26.7. The molecule has 0 aliphatic carbocycles. The highest BCUT2D eigenvalue weighted by molar-refractivity contribution is 6.30. The number of aliphatic imine (C=N–C) groups is 1. The SMILES string of the molecule is COc1ccc2c(c1)C(c1ccc(Cl)cc1)=N[C@@H]([C@@H](C)C(O)NCCOCCOCCNC(=O)OC(C)(C)C)c1nnc(C)n1-2. The van der Waals surface area contributed by atoms with Gasteiger partial charge in [-0.2, -0.15) is 0 Å². The van der Waals surface area contributed by atoms with E-state index in [0.717, 1.165) is 22.5 Å². The van der Waals surface area contributed by atoms with Gasteiger partial charge in [0.1, 0.15) is 29.4 Å². The number of hydrogen-bond donors (Lipinski definition) is 3. The molecule has 3 aromatic rings. The van der Waals surface area contributed by atoms with Crippen molar-refractivity contribution in [2.24, 2.45) is 10.9 Å². The molecule has 2 heterocycles. The predicted molar refractivity (Wildman–Crippen MR) is 172 cm³/mol. The Morgan fingerprint density at radius 3 is 2.40 bits per heavy atom. The molecule has 1 aromatic heterocycles. The van der Waals surface area contributed by atoms with Gasteiger partial charge in [-0.1, -0.05) is 30.7 Å². The summed E-state index contributed by atoms with van der Waals surface area (Å²) in [4.78, 5) is 16.9.